The number of hydrogen-bond donors (Lipinski definition) is 2. The number of thiazole rings is 1. The fraction of sp³-hybridized carbons (Fsp3) is 0.267. The lowest BCUT2D eigenvalue weighted by atomic mass is 10.1. The summed E-state index contributed by atoms with van der Waals surface area (Å²) in [5, 5.41) is 8.05. The number of aryl methyl sites for hydroxylation is 1. The summed E-state index contributed by atoms with van der Waals surface area (Å²) < 4.78 is 0. The second kappa shape index (κ2) is 5.55. The number of fused-ring (bicyclic) bond motifs is 1. The molecule has 0 amide bonds. The Morgan fingerprint density at radius 3 is 3.11 bits per heavy atom. The quantitative estimate of drug-likeness (QED) is 0.699. The van der Waals surface area contributed by atoms with E-state index in [1.807, 2.05) is 13.1 Å². The van der Waals surface area contributed by atoms with E-state index in [1.165, 1.54) is 21.5 Å². The van der Waals surface area contributed by atoms with Crippen LogP contribution >= 0.6 is 11.3 Å². The predicted octanol–water partition coefficient (Wildman–Crippen LogP) is 3.27. The molecule has 4 heteroatoms. The van der Waals surface area contributed by atoms with Crippen molar-refractivity contribution in [3.05, 3.63) is 52.1 Å². The first-order chi connectivity index (χ1) is 9.31. The van der Waals surface area contributed by atoms with Crippen LogP contribution in [0.1, 0.15) is 16.3 Å². The van der Waals surface area contributed by atoms with Gasteiger partial charge < -0.3 is 10.3 Å². The molecule has 0 saturated heterocycles. The van der Waals surface area contributed by atoms with E-state index in [2.05, 4.69) is 44.9 Å². The van der Waals surface area contributed by atoms with Crippen LogP contribution < -0.4 is 5.32 Å². The number of benzene rings is 1. The van der Waals surface area contributed by atoms with Gasteiger partial charge in [0.25, 0.3) is 0 Å². The second-order valence-corrected chi connectivity index (χ2v) is 5.65. The summed E-state index contributed by atoms with van der Waals surface area (Å²) in [5.74, 6) is 0. The average Bonchev–Trinajstić information content (AvgIpc) is 3.03. The summed E-state index contributed by atoms with van der Waals surface area (Å²) in [6.45, 7) is 3.91. The van der Waals surface area contributed by atoms with Gasteiger partial charge in [0.2, 0.25) is 0 Å². The maximum Gasteiger partial charge on any atom is 0.0940 e. The minimum atomic E-state index is 0.902. The van der Waals surface area contributed by atoms with Crippen LogP contribution in [0.15, 0.2) is 35.8 Å². The van der Waals surface area contributed by atoms with Crippen LogP contribution in [-0.4, -0.2) is 16.5 Å². The van der Waals surface area contributed by atoms with Crippen molar-refractivity contribution in [1.82, 2.24) is 15.3 Å². The SMILES string of the molecule is Cc1csc(CCNCc2ccc3cc[nH]c3c2)n1. The minimum Gasteiger partial charge on any atom is -0.361 e. The Morgan fingerprint density at radius 1 is 1.32 bits per heavy atom. The van der Waals surface area contributed by atoms with Crippen molar-refractivity contribution in [2.75, 3.05) is 6.54 Å². The molecule has 2 aromatic heterocycles. The molecule has 2 N–H and O–H groups in total. The standard InChI is InChI=1S/C15H17N3S/c1-11-10-19-15(18-11)5-6-16-9-12-2-3-13-4-7-17-14(13)8-12/h2-4,7-8,10,16-17H,5-6,9H2,1H3. The molecular formula is C15H17N3S. The highest BCUT2D eigenvalue weighted by atomic mass is 32.1. The average molecular weight is 271 g/mol. The fourth-order valence-electron chi connectivity index (χ4n) is 2.15. The van der Waals surface area contributed by atoms with Crippen molar-refractivity contribution < 1.29 is 0 Å². The van der Waals surface area contributed by atoms with Crippen molar-refractivity contribution in [1.29, 1.82) is 0 Å². The van der Waals surface area contributed by atoms with E-state index in [9.17, 15) is 0 Å². The van der Waals surface area contributed by atoms with Gasteiger partial charge in [0.05, 0.1) is 5.01 Å². The van der Waals surface area contributed by atoms with Gasteiger partial charge in [0.1, 0.15) is 0 Å². The number of nitrogens with one attached hydrogen (secondary N) is 2. The number of rotatable bonds is 5. The Hall–Kier alpha value is -1.65. The molecule has 0 bridgehead atoms. The predicted molar refractivity (Wildman–Crippen MR) is 80.6 cm³/mol. The number of hydrogen-bond acceptors (Lipinski definition) is 3. The first-order valence-electron chi connectivity index (χ1n) is 6.49. The van der Waals surface area contributed by atoms with Crippen molar-refractivity contribution in [2.45, 2.75) is 19.9 Å². The Kier molecular flexibility index (Phi) is 3.62. The Bertz CT molecular complexity index is 669. The monoisotopic (exact) mass is 271 g/mol. The fourth-order valence-corrected chi connectivity index (χ4v) is 2.93. The normalized spacial score (nSPS) is 11.2. The molecule has 2 heterocycles. The maximum atomic E-state index is 4.46. The van der Waals surface area contributed by atoms with Crippen LogP contribution in [-0.2, 0) is 13.0 Å². The van der Waals surface area contributed by atoms with Gasteiger partial charge in [0, 0.05) is 42.3 Å². The van der Waals surface area contributed by atoms with Gasteiger partial charge in [-0.1, -0.05) is 12.1 Å². The Balaban J connectivity index is 1.51. The molecule has 3 aromatic rings. The van der Waals surface area contributed by atoms with Crippen LogP contribution in [0.3, 0.4) is 0 Å². The van der Waals surface area contributed by atoms with Gasteiger partial charge in [-0.25, -0.2) is 4.98 Å². The lowest BCUT2D eigenvalue weighted by Gasteiger charge is -2.04. The van der Waals surface area contributed by atoms with E-state index in [-0.39, 0.29) is 0 Å². The third-order valence-corrected chi connectivity index (χ3v) is 4.16. The van der Waals surface area contributed by atoms with Crippen LogP contribution in [0.4, 0.5) is 0 Å². The lowest BCUT2D eigenvalue weighted by Crippen LogP contribution is -2.16. The van der Waals surface area contributed by atoms with Crippen LogP contribution in [0, 0.1) is 6.92 Å². The molecule has 0 spiro atoms. The zero-order valence-electron chi connectivity index (χ0n) is 10.9. The molecule has 3 rings (SSSR count). The van der Waals surface area contributed by atoms with Crippen LogP contribution in [0.5, 0.6) is 0 Å². The molecule has 98 valence electrons. The zero-order chi connectivity index (χ0) is 13.1. The molecule has 0 saturated carbocycles. The zero-order valence-corrected chi connectivity index (χ0v) is 11.8. The van der Waals surface area contributed by atoms with E-state index < -0.39 is 0 Å². The van der Waals surface area contributed by atoms with Crippen molar-refractivity contribution in [3.63, 3.8) is 0 Å². The lowest BCUT2D eigenvalue weighted by molar-refractivity contribution is 0.685. The molecule has 0 aliphatic heterocycles. The van der Waals surface area contributed by atoms with Gasteiger partial charge in [-0.15, -0.1) is 11.3 Å². The van der Waals surface area contributed by atoms with Crippen molar-refractivity contribution >= 4 is 22.2 Å². The third kappa shape index (κ3) is 3.03. The summed E-state index contributed by atoms with van der Waals surface area (Å²) in [7, 11) is 0. The molecule has 0 aliphatic rings. The van der Waals surface area contributed by atoms with Gasteiger partial charge >= 0.3 is 0 Å². The molecule has 3 nitrogen and oxygen atoms in total. The summed E-state index contributed by atoms with van der Waals surface area (Å²) in [6, 6.07) is 8.64. The minimum absolute atomic E-state index is 0.902. The summed E-state index contributed by atoms with van der Waals surface area (Å²) in [4.78, 5) is 7.71. The highest BCUT2D eigenvalue weighted by Gasteiger charge is 1.99. The van der Waals surface area contributed by atoms with Crippen molar-refractivity contribution in [3.8, 4) is 0 Å². The molecular weight excluding hydrogens is 254 g/mol. The van der Waals surface area contributed by atoms with Gasteiger partial charge in [-0.3, -0.25) is 0 Å². The summed E-state index contributed by atoms with van der Waals surface area (Å²) in [6.07, 6.45) is 2.98. The van der Waals surface area contributed by atoms with Gasteiger partial charge in [-0.05, 0) is 30.0 Å². The van der Waals surface area contributed by atoms with Crippen molar-refractivity contribution in [2.24, 2.45) is 0 Å². The topological polar surface area (TPSA) is 40.7 Å². The van der Waals surface area contributed by atoms with Crippen LogP contribution in [0.2, 0.25) is 0 Å². The molecule has 0 unspecified atom stereocenters. The number of H-pyrrole nitrogens is 1. The third-order valence-electron chi connectivity index (χ3n) is 3.13. The molecule has 0 radical (unpaired) electrons. The first-order valence-corrected chi connectivity index (χ1v) is 7.37. The van der Waals surface area contributed by atoms with Gasteiger partial charge in [0.15, 0.2) is 0 Å². The largest absolute Gasteiger partial charge is 0.361 e. The summed E-state index contributed by atoms with van der Waals surface area (Å²) >= 11 is 1.74. The number of aromatic nitrogens is 2. The van der Waals surface area contributed by atoms with E-state index in [0.717, 1.165) is 25.2 Å². The molecule has 0 fully saturated rings. The van der Waals surface area contributed by atoms with Gasteiger partial charge in [-0.2, -0.15) is 0 Å². The Morgan fingerprint density at radius 2 is 2.26 bits per heavy atom. The van der Waals surface area contributed by atoms with E-state index in [0.29, 0.717) is 0 Å². The number of nitrogens with zero attached hydrogens (tertiary/aromatic N) is 1. The second-order valence-electron chi connectivity index (χ2n) is 4.71. The first kappa shape index (κ1) is 12.4. The Labute approximate surface area is 116 Å². The highest BCUT2D eigenvalue weighted by molar-refractivity contribution is 7.09. The molecule has 1 aromatic carbocycles. The smallest absolute Gasteiger partial charge is 0.0940 e. The van der Waals surface area contributed by atoms with E-state index in [4.69, 9.17) is 0 Å². The van der Waals surface area contributed by atoms with Crippen LogP contribution in [0.25, 0.3) is 10.9 Å². The highest BCUT2D eigenvalue weighted by Crippen LogP contribution is 2.14. The molecule has 0 aliphatic carbocycles. The summed E-state index contributed by atoms with van der Waals surface area (Å²) in [5.41, 5.74) is 3.64. The van der Waals surface area contributed by atoms with E-state index >= 15 is 0 Å². The number of aromatic amines is 1. The van der Waals surface area contributed by atoms with E-state index in [1.54, 1.807) is 11.3 Å². The molecule has 0 atom stereocenters. The molecule has 19 heavy (non-hydrogen) atoms. The maximum absolute atomic E-state index is 4.46.